The summed E-state index contributed by atoms with van der Waals surface area (Å²) in [6.07, 6.45) is 0. The van der Waals surface area contributed by atoms with Crippen molar-refractivity contribution in [2.75, 3.05) is 0 Å². The molecule has 6 nitrogen and oxygen atoms in total. The van der Waals surface area contributed by atoms with Gasteiger partial charge >= 0.3 is 0 Å². The largest absolute Gasteiger partial charge is 0.277 e. The molecule has 102 valence electrons. The molecule has 0 fully saturated rings. The maximum Gasteiger partial charge on any atom is 0.277 e. The fourth-order valence-electron chi connectivity index (χ4n) is 2.32. The van der Waals surface area contributed by atoms with Crippen molar-refractivity contribution < 1.29 is 9.85 Å². The van der Waals surface area contributed by atoms with Gasteiger partial charge in [-0.15, -0.1) is 0 Å². The van der Waals surface area contributed by atoms with Crippen molar-refractivity contribution in [1.82, 2.24) is 0 Å². The predicted molar refractivity (Wildman–Crippen MR) is 74.7 cm³/mol. The molecule has 0 saturated heterocycles. The highest BCUT2D eigenvalue weighted by Crippen LogP contribution is 2.36. The van der Waals surface area contributed by atoms with E-state index >= 15 is 0 Å². The van der Waals surface area contributed by atoms with E-state index < -0.39 is 9.85 Å². The van der Waals surface area contributed by atoms with Gasteiger partial charge in [0.05, 0.1) is 15.4 Å². The number of aryl methyl sites for hydroxylation is 2. The number of para-hydroxylation sites is 1. The van der Waals surface area contributed by atoms with Crippen LogP contribution in [0.4, 0.5) is 11.4 Å². The number of non-ortho nitro benzene ring substituents is 1. The van der Waals surface area contributed by atoms with E-state index in [1.165, 1.54) is 18.2 Å². The minimum atomic E-state index is -0.469. The van der Waals surface area contributed by atoms with Gasteiger partial charge in [-0.05, 0) is 36.6 Å². The van der Waals surface area contributed by atoms with Gasteiger partial charge in [0, 0.05) is 18.2 Å². The van der Waals surface area contributed by atoms with Crippen molar-refractivity contribution in [3.8, 4) is 11.1 Å². The van der Waals surface area contributed by atoms with Crippen molar-refractivity contribution in [3.05, 3.63) is 67.8 Å². The van der Waals surface area contributed by atoms with Gasteiger partial charge in [0.15, 0.2) is 0 Å². The van der Waals surface area contributed by atoms with Gasteiger partial charge < -0.3 is 0 Å². The third kappa shape index (κ3) is 2.35. The molecular formula is C14H12N2O4. The summed E-state index contributed by atoms with van der Waals surface area (Å²) in [6, 6.07) is 9.24. The van der Waals surface area contributed by atoms with Gasteiger partial charge in [0.25, 0.3) is 11.4 Å². The van der Waals surface area contributed by atoms with Crippen molar-refractivity contribution in [3.63, 3.8) is 0 Å². The van der Waals surface area contributed by atoms with Crippen molar-refractivity contribution >= 4 is 11.4 Å². The summed E-state index contributed by atoms with van der Waals surface area (Å²) in [6.45, 7) is 3.43. The monoisotopic (exact) mass is 272 g/mol. The summed E-state index contributed by atoms with van der Waals surface area (Å²) in [5.74, 6) is 0. The second-order valence-corrected chi connectivity index (χ2v) is 4.49. The molecule has 0 radical (unpaired) electrons. The molecule has 0 amide bonds. The molecule has 20 heavy (non-hydrogen) atoms. The summed E-state index contributed by atoms with van der Waals surface area (Å²) in [5.41, 5.74) is 2.41. The van der Waals surface area contributed by atoms with E-state index in [2.05, 4.69) is 0 Å². The van der Waals surface area contributed by atoms with Gasteiger partial charge in [-0.25, -0.2) is 0 Å². The highest BCUT2D eigenvalue weighted by atomic mass is 16.6. The van der Waals surface area contributed by atoms with Crippen LogP contribution in [0.2, 0.25) is 0 Å². The first-order valence-electron chi connectivity index (χ1n) is 5.91. The molecule has 0 aliphatic heterocycles. The molecule has 0 N–H and O–H groups in total. The molecule has 0 aliphatic rings. The Hall–Kier alpha value is -2.76. The summed E-state index contributed by atoms with van der Waals surface area (Å²) in [5, 5.41) is 21.9. The molecule has 0 bridgehead atoms. The molecule has 0 aliphatic carbocycles. The predicted octanol–water partition coefficient (Wildman–Crippen LogP) is 3.79. The van der Waals surface area contributed by atoms with E-state index in [1.807, 2.05) is 0 Å². The number of hydrogen-bond acceptors (Lipinski definition) is 4. The van der Waals surface area contributed by atoms with Crippen LogP contribution in [-0.2, 0) is 0 Å². The van der Waals surface area contributed by atoms with E-state index in [9.17, 15) is 20.2 Å². The van der Waals surface area contributed by atoms with Crippen LogP contribution in [-0.4, -0.2) is 9.85 Å². The second-order valence-electron chi connectivity index (χ2n) is 4.49. The first-order valence-corrected chi connectivity index (χ1v) is 5.91. The van der Waals surface area contributed by atoms with Gasteiger partial charge in [0.1, 0.15) is 0 Å². The minimum absolute atomic E-state index is 0.00690. The molecule has 0 heterocycles. The SMILES string of the molecule is Cc1cc([N+](=O)[O-])cc(C)c1-c1ccccc1[N+](=O)[O-]. The van der Waals surface area contributed by atoms with E-state index in [0.29, 0.717) is 22.3 Å². The first-order chi connectivity index (χ1) is 9.41. The number of benzene rings is 2. The molecule has 0 unspecified atom stereocenters. The topological polar surface area (TPSA) is 86.3 Å². The lowest BCUT2D eigenvalue weighted by atomic mass is 9.94. The molecule has 6 heteroatoms. The fourth-order valence-corrected chi connectivity index (χ4v) is 2.32. The van der Waals surface area contributed by atoms with E-state index in [1.54, 1.807) is 32.0 Å². The molecule has 2 aromatic rings. The van der Waals surface area contributed by atoms with E-state index in [4.69, 9.17) is 0 Å². The van der Waals surface area contributed by atoms with Crippen LogP contribution < -0.4 is 0 Å². The van der Waals surface area contributed by atoms with Crippen LogP contribution in [0.3, 0.4) is 0 Å². The second kappa shape index (κ2) is 5.08. The number of rotatable bonds is 3. The Labute approximate surface area is 115 Å². The molecule has 2 aromatic carbocycles. The standard InChI is InChI=1S/C14H12N2O4/c1-9-7-11(15(17)18)8-10(2)14(9)12-5-3-4-6-13(12)16(19)20/h3-8H,1-2H3. The summed E-state index contributed by atoms with van der Waals surface area (Å²) in [4.78, 5) is 21.0. The lowest BCUT2D eigenvalue weighted by Gasteiger charge is -2.10. The Morgan fingerprint density at radius 3 is 1.95 bits per heavy atom. The molecule has 0 spiro atoms. The maximum atomic E-state index is 11.1. The lowest BCUT2D eigenvalue weighted by molar-refractivity contribution is -0.385. The maximum absolute atomic E-state index is 11.1. The number of hydrogen-bond donors (Lipinski definition) is 0. The van der Waals surface area contributed by atoms with Gasteiger partial charge in [-0.2, -0.15) is 0 Å². The number of nitro benzene ring substituents is 2. The Morgan fingerprint density at radius 1 is 0.900 bits per heavy atom. The summed E-state index contributed by atoms with van der Waals surface area (Å²) in [7, 11) is 0. The zero-order valence-electron chi connectivity index (χ0n) is 11.0. The van der Waals surface area contributed by atoms with Crippen LogP contribution in [0.1, 0.15) is 11.1 Å². The van der Waals surface area contributed by atoms with Crippen LogP contribution in [0.15, 0.2) is 36.4 Å². The van der Waals surface area contributed by atoms with Crippen LogP contribution in [0, 0.1) is 34.1 Å². The highest BCUT2D eigenvalue weighted by molar-refractivity contribution is 5.79. The van der Waals surface area contributed by atoms with Crippen LogP contribution in [0.25, 0.3) is 11.1 Å². The molecule has 0 atom stereocenters. The third-order valence-electron chi connectivity index (χ3n) is 3.10. The Balaban J connectivity index is 2.71. The van der Waals surface area contributed by atoms with E-state index in [0.717, 1.165) is 0 Å². The smallest absolute Gasteiger partial charge is 0.258 e. The van der Waals surface area contributed by atoms with Crippen LogP contribution in [0.5, 0.6) is 0 Å². The first kappa shape index (κ1) is 13.7. The van der Waals surface area contributed by atoms with Gasteiger partial charge in [-0.3, -0.25) is 20.2 Å². The van der Waals surface area contributed by atoms with Crippen molar-refractivity contribution in [1.29, 1.82) is 0 Å². The summed E-state index contributed by atoms with van der Waals surface area (Å²) < 4.78 is 0. The average Bonchev–Trinajstić information content (AvgIpc) is 2.38. The fraction of sp³-hybridized carbons (Fsp3) is 0.143. The molecule has 2 rings (SSSR count). The lowest BCUT2D eigenvalue weighted by Crippen LogP contribution is -1.97. The normalized spacial score (nSPS) is 10.3. The number of nitrogens with zero attached hydrogens (tertiary/aromatic N) is 2. The zero-order valence-corrected chi connectivity index (χ0v) is 11.0. The van der Waals surface area contributed by atoms with Crippen molar-refractivity contribution in [2.24, 2.45) is 0 Å². The third-order valence-corrected chi connectivity index (χ3v) is 3.10. The molecule has 0 saturated carbocycles. The highest BCUT2D eigenvalue weighted by Gasteiger charge is 2.20. The Kier molecular flexibility index (Phi) is 3.47. The molecular weight excluding hydrogens is 260 g/mol. The number of nitro groups is 2. The molecule has 0 aromatic heterocycles. The summed E-state index contributed by atoms with van der Waals surface area (Å²) >= 11 is 0. The quantitative estimate of drug-likeness (QED) is 0.628. The van der Waals surface area contributed by atoms with Gasteiger partial charge in [0.2, 0.25) is 0 Å². The Morgan fingerprint density at radius 2 is 1.45 bits per heavy atom. The van der Waals surface area contributed by atoms with Gasteiger partial charge in [-0.1, -0.05) is 12.1 Å². The Bertz CT molecular complexity index is 687. The van der Waals surface area contributed by atoms with Crippen LogP contribution >= 0.6 is 0 Å². The average molecular weight is 272 g/mol. The van der Waals surface area contributed by atoms with E-state index in [-0.39, 0.29) is 11.4 Å². The van der Waals surface area contributed by atoms with Crippen molar-refractivity contribution in [2.45, 2.75) is 13.8 Å². The zero-order chi connectivity index (χ0) is 14.9. The minimum Gasteiger partial charge on any atom is -0.258 e.